The van der Waals surface area contributed by atoms with Crippen molar-refractivity contribution in [3.05, 3.63) is 71.6 Å². The lowest BCUT2D eigenvalue weighted by molar-refractivity contribution is 0.0948. The molecule has 1 N–H and O–H groups in total. The zero-order chi connectivity index (χ0) is 15.5. The molecule has 0 saturated carbocycles. The van der Waals surface area contributed by atoms with Crippen LogP contribution in [-0.4, -0.2) is 15.3 Å². The molecule has 0 radical (unpaired) electrons. The number of fused-ring (bicyclic) bond motifs is 1. The predicted octanol–water partition coefficient (Wildman–Crippen LogP) is 2.97. The Morgan fingerprint density at radius 3 is 2.73 bits per heavy atom. The maximum Gasteiger partial charge on any atom is 0.272 e. The molecule has 0 fully saturated rings. The fourth-order valence-corrected chi connectivity index (χ4v) is 2.39. The highest BCUT2D eigenvalue weighted by atomic mass is 19.1. The van der Waals surface area contributed by atoms with Crippen LogP contribution in [-0.2, 0) is 13.0 Å². The van der Waals surface area contributed by atoms with Crippen LogP contribution in [0.3, 0.4) is 0 Å². The van der Waals surface area contributed by atoms with E-state index in [1.807, 2.05) is 35.7 Å². The van der Waals surface area contributed by atoms with E-state index in [9.17, 15) is 9.18 Å². The maximum absolute atomic E-state index is 12.9. The molecule has 1 amide bonds. The first-order valence-electron chi connectivity index (χ1n) is 7.17. The van der Waals surface area contributed by atoms with Gasteiger partial charge in [-0.1, -0.05) is 25.1 Å². The van der Waals surface area contributed by atoms with Crippen LogP contribution < -0.4 is 5.32 Å². The summed E-state index contributed by atoms with van der Waals surface area (Å²) in [5.41, 5.74) is 2.05. The van der Waals surface area contributed by atoms with Gasteiger partial charge in [-0.25, -0.2) is 9.37 Å². The molecule has 3 rings (SSSR count). The number of rotatable bonds is 4. The van der Waals surface area contributed by atoms with Gasteiger partial charge in [-0.2, -0.15) is 0 Å². The number of benzene rings is 1. The van der Waals surface area contributed by atoms with Gasteiger partial charge >= 0.3 is 0 Å². The van der Waals surface area contributed by atoms with Crippen molar-refractivity contribution in [2.45, 2.75) is 19.9 Å². The van der Waals surface area contributed by atoms with E-state index >= 15 is 0 Å². The molecule has 0 bridgehead atoms. The van der Waals surface area contributed by atoms with Crippen LogP contribution in [0.15, 0.2) is 48.7 Å². The minimum atomic E-state index is -0.289. The summed E-state index contributed by atoms with van der Waals surface area (Å²) >= 11 is 0. The number of hydrogen-bond acceptors (Lipinski definition) is 2. The molecule has 2 heterocycles. The van der Waals surface area contributed by atoms with Gasteiger partial charge in [0.1, 0.15) is 11.6 Å². The third-order valence-corrected chi connectivity index (χ3v) is 3.52. The lowest BCUT2D eigenvalue weighted by Crippen LogP contribution is -2.23. The topological polar surface area (TPSA) is 46.4 Å². The van der Waals surface area contributed by atoms with Gasteiger partial charge in [-0.3, -0.25) is 4.79 Å². The van der Waals surface area contributed by atoms with Crippen LogP contribution in [0.1, 0.15) is 28.8 Å². The molecule has 0 aliphatic carbocycles. The first kappa shape index (κ1) is 14.3. The van der Waals surface area contributed by atoms with Crippen LogP contribution in [0.5, 0.6) is 0 Å². The molecule has 5 heteroatoms. The number of pyridine rings is 1. The molecule has 4 nitrogen and oxygen atoms in total. The molecule has 0 aliphatic rings. The minimum absolute atomic E-state index is 0.229. The van der Waals surface area contributed by atoms with Crippen LogP contribution in [0, 0.1) is 5.82 Å². The number of imidazole rings is 1. The molecule has 1 aromatic carbocycles. The molecule has 0 atom stereocenters. The van der Waals surface area contributed by atoms with Crippen molar-refractivity contribution < 1.29 is 9.18 Å². The summed E-state index contributed by atoms with van der Waals surface area (Å²) in [7, 11) is 0. The van der Waals surface area contributed by atoms with E-state index in [1.165, 1.54) is 12.1 Å². The number of carbonyl (C=O) groups is 1. The number of halogens is 1. The van der Waals surface area contributed by atoms with E-state index in [4.69, 9.17) is 0 Å². The van der Waals surface area contributed by atoms with Gasteiger partial charge < -0.3 is 9.72 Å². The highest BCUT2D eigenvalue weighted by Gasteiger charge is 2.16. The second-order valence-corrected chi connectivity index (χ2v) is 5.00. The van der Waals surface area contributed by atoms with Crippen molar-refractivity contribution in [3.63, 3.8) is 0 Å². The van der Waals surface area contributed by atoms with Crippen LogP contribution in [0.25, 0.3) is 5.52 Å². The Bertz CT molecular complexity index is 808. The Balaban J connectivity index is 1.82. The van der Waals surface area contributed by atoms with Crippen LogP contribution in [0.2, 0.25) is 0 Å². The monoisotopic (exact) mass is 297 g/mol. The van der Waals surface area contributed by atoms with Crippen molar-refractivity contribution in [3.8, 4) is 0 Å². The molecule has 112 valence electrons. The Kier molecular flexibility index (Phi) is 3.87. The minimum Gasteiger partial charge on any atom is -0.347 e. The van der Waals surface area contributed by atoms with Crippen molar-refractivity contribution in [1.82, 2.24) is 14.7 Å². The second-order valence-electron chi connectivity index (χ2n) is 5.00. The van der Waals surface area contributed by atoms with Crippen molar-refractivity contribution in [1.29, 1.82) is 0 Å². The van der Waals surface area contributed by atoms with Gasteiger partial charge in [-0.15, -0.1) is 0 Å². The smallest absolute Gasteiger partial charge is 0.272 e. The Morgan fingerprint density at radius 1 is 1.23 bits per heavy atom. The molecule has 0 saturated heterocycles. The van der Waals surface area contributed by atoms with Crippen molar-refractivity contribution in [2.75, 3.05) is 0 Å². The average Bonchev–Trinajstić information content (AvgIpc) is 2.93. The van der Waals surface area contributed by atoms with E-state index in [1.54, 1.807) is 12.1 Å². The fourth-order valence-electron chi connectivity index (χ4n) is 2.39. The molecular formula is C17H16FN3O. The van der Waals surface area contributed by atoms with E-state index in [2.05, 4.69) is 10.3 Å². The van der Waals surface area contributed by atoms with E-state index in [0.717, 1.165) is 23.3 Å². The third kappa shape index (κ3) is 2.70. The first-order valence-corrected chi connectivity index (χ1v) is 7.17. The van der Waals surface area contributed by atoms with E-state index in [0.29, 0.717) is 12.2 Å². The SMILES string of the molecule is CCc1nc(C(=O)NCc2ccc(F)cc2)c2ccccn12. The second kappa shape index (κ2) is 5.97. The number of aryl methyl sites for hydroxylation is 1. The van der Waals surface area contributed by atoms with Gasteiger partial charge in [-0.05, 0) is 29.8 Å². The van der Waals surface area contributed by atoms with Crippen LogP contribution in [0.4, 0.5) is 4.39 Å². The first-order chi connectivity index (χ1) is 10.7. The fraction of sp³-hybridized carbons (Fsp3) is 0.176. The average molecular weight is 297 g/mol. The summed E-state index contributed by atoms with van der Waals surface area (Å²) < 4.78 is 14.8. The molecule has 22 heavy (non-hydrogen) atoms. The summed E-state index contributed by atoms with van der Waals surface area (Å²) in [5.74, 6) is 0.331. The van der Waals surface area contributed by atoms with Gasteiger partial charge in [0.15, 0.2) is 5.69 Å². The molecule has 2 aromatic heterocycles. The Hall–Kier alpha value is -2.69. The molecule has 0 spiro atoms. The lowest BCUT2D eigenvalue weighted by Gasteiger charge is -2.04. The quantitative estimate of drug-likeness (QED) is 0.804. The number of amides is 1. The zero-order valence-corrected chi connectivity index (χ0v) is 12.2. The summed E-state index contributed by atoms with van der Waals surface area (Å²) in [4.78, 5) is 16.8. The van der Waals surface area contributed by atoms with E-state index < -0.39 is 0 Å². The lowest BCUT2D eigenvalue weighted by atomic mass is 10.2. The number of hydrogen-bond donors (Lipinski definition) is 1. The largest absolute Gasteiger partial charge is 0.347 e. The van der Waals surface area contributed by atoms with Gasteiger partial charge in [0.05, 0.1) is 5.52 Å². The molecule has 3 aromatic rings. The highest BCUT2D eigenvalue weighted by Crippen LogP contribution is 2.14. The van der Waals surface area contributed by atoms with Gasteiger partial charge in [0.2, 0.25) is 0 Å². The molecule has 0 unspecified atom stereocenters. The maximum atomic E-state index is 12.9. The van der Waals surface area contributed by atoms with Crippen LogP contribution >= 0.6 is 0 Å². The summed E-state index contributed by atoms with van der Waals surface area (Å²) in [6.45, 7) is 2.34. The Morgan fingerprint density at radius 2 is 2.00 bits per heavy atom. The van der Waals surface area contributed by atoms with Gasteiger partial charge in [0.25, 0.3) is 5.91 Å². The zero-order valence-electron chi connectivity index (χ0n) is 12.2. The molecular weight excluding hydrogens is 281 g/mol. The summed E-state index contributed by atoms with van der Waals surface area (Å²) in [6, 6.07) is 11.7. The number of nitrogens with one attached hydrogen (secondary N) is 1. The number of aromatic nitrogens is 2. The summed E-state index contributed by atoms with van der Waals surface area (Å²) in [5, 5.41) is 2.83. The van der Waals surface area contributed by atoms with Gasteiger partial charge in [0, 0.05) is 19.2 Å². The third-order valence-electron chi connectivity index (χ3n) is 3.52. The molecule has 0 aliphatic heterocycles. The normalized spacial score (nSPS) is 10.8. The predicted molar refractivity (Wildman–Crippen MR) is 82.1 cm³/mol. The Labute approximate surface area is 127 Å². The van der Waals surface area contributed by atoms with Crippen molar-refractivity contribution >= 4 is 11.4 Å². The number of carbonyl (C=O) groups excluding carboxylic acids is 1. The number of nitrogens with zero attached hydrogens (tertiary/aromatic N) is 2. The van der Waals surface area contributed by atoms with E-state index in [-0.39, 0.29) is 11.7 Å². The van der Waals surface area contributed by atoms with Crippen molar-refractivity contribution in [2.24, 2.45) is 0 Å². The summed E-state index contributed by atoms with van der Waals surface area (Å²) in [6.07, 6.45) is 2.65. The standard InChI is InChI=1S/C17H16FN3O/c1-2-15-20-16(14-5-3-4-10-21(14)15)17(22)19-11-12-6-8-13(18)9-7-12/h3-10H,2,11H2,1H3,(H,19,22). The highest BCUT2D eigenvalue weighted by molar-refractivity contribution is 5.99.